The molecule has 0 atom stereocenters. The molecule has 1 fully saturated rings. The number of nitrogens with zero attached hydrogens (tertiary/aromatic N) is 1. The van der Waals surface area contributed by atoms with Crippen LogP contribution in [0.5, 0.6) is 0 Å². The van der Waals surface area contributed by atoms with Gasteiger partial charge in [-0.1, -0.05) is 11.6 Å². The topological polar surface area (TPSA) is 15.3 Å². The van der Waals surface area contributed by atoms with Gasteiger partial charge < -0.3 is 5.32 Å². The summed E-state index contributed by atoms with van der Waals surface area (Å²) in [5.74, 6) is 0. The third-order valence-corrected chi connectivity index (χ3v) is 3.32. The van der Waals surface area contributed by atoms with Gasteiger partial charge in [0.2, 0.25) is 0 Å². The standard InChI is InChI=1S/C13H24N2/c1-12-5-4-10-15(11-12)9-3-2-8-14-13-6-7-13/h5,13-14H,2-4,6-11H2,1H3. The highest BCUT2D eigenvalue weighted by Gasteiger charge is 2.19. The quantitative estimate of drug-likeness (QED) is 0.531. The van der Waals surface area contributed by atoms with E-state index in [0.29, 0.717) is 0 Å². The van der Waals surface area contributed by atoms with Gasteiger partial charge >= 0.3 is 0 Å². The molecule has 1 saturated carbocycles. The maximum absolute atomic E-state index is 3.57. The summed E-state index contributed by atoms with van der Waals surface area (Å²) in [6, 6.07) is 0.880. The van der Waals surface area contributed by atoms with Crippen molar-refractivity contribution in [3.05, 3.63) is 11.6 Å². The number of unbranched alkanes of at least 4 members (excludes halogenated alkanes) is 1. The van der Waals surface area contributed by atoms with Gasteiger partial charge in [0.05, 0.1) is 0 Å². The van der Waals surface area contributed by atoms with Crippen LogP contribution in [0.1, 0.15) is 39.0 Å². The Kier molecular flexibility index (Phi) is 4.21. The van der Waals surface area contributed by atoms with E-state index in [-0.39, 0.29) is 0 Å². The molecule has 0 saturated heterocycles. The van der Waals surface area contributed by atoms with E-state index in [0.717, 1.165) is 6.04 Å². The Morgan fingerprint density at radius 3 is 3.00 bits per heavy atom. The van der Waals surface area contributed by atoms with Crippen molar-refractivity contribution in [1.82, 2.24) is 10.2 Å². The number of rotatable bonds is 6. The van der Waals surface area contributed by atoms with E-state index in [9.17, 15) is 0 Å². The zero-order chi connectivity index (χ0) is 10.5. The Bertz CT molecular complexity index is 219. The summed E-state index contributed by atoms with van der Waals surface area (Å²) in [5.41, 5.74) is 1.55. The molecule has 0 aromatic rings. The molecule has 2 heteroatoms. The van der Waals surface area contributed by atoms with Crippen LogP contribution < -0.4 is 5.32 Å². The fourth-order valence-corrected chi connectivity index (χ4v) is 2.23. The van der Waals surface area contributed by atoms with Crippen molar-refractivity contribution in [2.24, 2.45) is 0 Å². The van der Waals surface area contributed by atoms with Gasteiger partial charge in [0.15, 0.2) is 0 Å². The molecule has 1 aliphatic heterocycles. The first-order chi connectivity index (χ1) is 7.34. The van der Waals surface area contributed by atoms with Crippen LogP contribution in [0.2, 0.25) is 0 Å². The Balaban J connectivity index is 1.48. The average Bonchev–Trinajstić information content (AvgIpc) is 3.01. The van der Waals surface area contributed by atoms with Crippen LogP contribution in [0.15, 0.2) is 11.6 Å². The summed E-state index contributed by atoms with van der Waals surface area (Å²) in [4.78, 5) is 2.59. The van der Waals surface area contributed by atoms with Crippen molar-refractivity contribution >= 4 is 0 Å². The SMILES string of the molecule is CC1=CCCN(CCCCNC2CC2)C1. The second kappa shape index (κ2) is 5.66. The van der Waals surface area contributed by atoms with Crippen LogP contribution in [0.3, 0.4) is 0 Å². The third kappa shape index (κ3) is 4.35. The van der Waals surface area contributed by atoms with Crippen LogP contribution in [-0.2, 0) is 0 Å². The molecular weight excluding hydrogens is 184 g/mol. The molecule has 0 amide bonds. The molecule has 86 valence electrons. The molecule has 0 spiro atoms. The van der Waals surface area contributed by atoms with Gasteiger partial charge in [-0.15, -0.1) is 0 Å². The summed E-state index contributed by atoms with van der Waals surface area (Å²) in [6.07, 6.45) is 9.16. The van der Waals surface area contributed by atoms with E-state index in [2.05, 4.69) is 23.2 Å². The largest absolute Gasteiger partial charge is 0.314 e. The average molecular weight is 208 g/mol. The highest BCUT2D eigenvalue weighted by Crippen LogP contribution is 2.18. The first-order valence-corrected chi connectivity index (χ1v) is 6.46. The van der Waals surface area contributed by atoms with Crippen LogP contribution in [0.4, 0.5) is 0 Å². The molecule has 1 aliphatic carbocycles. The summed E-state index contributed by atoms with van der Waals surface area (Å²) < 4.78 is 0. The molecule has 0 bridgehead atoms. The van der Waals surface area contributed by atoms with Gasteiger partial charge in [0.1, 0.15) is 0 Å². The Morgan fingerprint density at radius 1 is 1.40 bits per heavy atom. The van der Waals surface area contributed by atoms with Crippen molar-refractivity contribution < 1.29 is 0 Å². The van der Waals surface area contributed by atoms with Crippen molar-refractivity contribution in [3.63, 3.8) is 0 Å². The summed E-state index contributed by atoms with van der Waals surface area (Å²) in [5, 5.41) is 3.57. The Morgan fingerprint density at radius 2 is 2.27 bits per heavy atom. The minimum atomic E-state index is 0.880. The lowest BCUT2D eigenvalue weighted by molar-refractivity contribution is 0.283. The first kappa shape index (κ1) is 11.2. The van der Waals surface area contributed by atoms with Crippen LogP contribution in [0.25, 0.3) is 0 Å². The maximum Gasteiger partial charge on any atom is 0.0190 e. The van der Waals surface area contributed by atoms with E-state index in [1.165, 1.54) is 58.3 Å². The lowest BCUT2D eigenvalue weighted by Crippen LogP contribution is -2.30. The molecule has 0 aromatic heterocycles. The van der Waals surface area contributed by atoms with E-state index in [1.807, 2.05) is 0 Å². The normalized spacial score (nSPS) is 22.9. The lowest BCUT2D eigenvalue weighted by Gasteiger charge is -2.25. The van der Waals surface area contributed by atoms with Gasteiger partial charge in [0.25, 0.3) is 0 Å². The molecule has 2 aliphatic rings. The van der Waals surface area contributed by atoms with E-state index in [1.54, 1.807) is 5.57 Å². The maximum atomic E-state index is 3.57. The molecule has 1 N–H and O–H groups in total. The predicted molar refractivity (Wildman–Crippen MR) is 65.1 cm³/mol. The Labute approximate surface area is 93.7 Å². The Hall–Kier alpha value is -0.340. The monoisotopic (exact) mass is 208 g/mol. The zero-order valence-electron chi connectivity index (χ0n) is 9.97. The molecular formula is C13H24N2. The van der Waals surface area contributed by atoms with Crippen molar-refractivity contribution in [2.45, 2.75) is 45.1 Å². The zero-order valence-corrected chi connectivity index (χ0v) is 9.97. The minimum Gasteiger partial charge on any atom is -0.314 e. The van der Waals surface area contributed by atoms with Gasteiger partial charge in [-0.25, -0.2) is 0 Å². The molecule has 0 aromatic carbocycles. The van der Waals surface area contributed by atoms with Gasteiger partial charge in [-0.05, 0) is 52.1 Å². The third-order valence-electron chi connectivity index (χ3n) is 3.32. The van der Waals surface area contributed by atoms with Gasteiger partial charge in [-0.2, -0.15) is 0 Å². The second-order valence-corrected chi connectivity index (χ2v) is 5.05. The van der Waals surface area contributed by atoms with Crippen LogP contribution in [-0.4, -0.2) is 37.1 Å². The highest BCUT2D eigenvalue weighted by molar-refractivity contribution is 5.04. The second-order valence-electron chi connectivity index (χ2n) is 5.05. The van der Waals surface area contributed by atoms with Crippen LogP contribution >= 0.6 is 0 Å². The molecule has 0 unspecified atom stereocenters. The minimum absolute atomic E-state index is 0.880. The van der Waals surface area contributed by atoms with Crippen LogP contribution in [0, 0.1) is 0 Å². The van der Waals surface area contributed by atoms with Crippen molar-refractivity contribution in [3.8, 4) is 0 Å². The molecule has 2 nitrogen and oxygen atoms in total. The highest BCUT2D eigenvalue weighted by atomic mass is 15.1. The van der Waals surface area contributed by atoms with E-state index >= 15 is 0 Å². The summed E-state index contributed by atoms with van der Waals surface area (Å²) in [7, 11) is 0. The number of hydrogen-bond acceptors (Lipinski definition) is 2. The smallest absolute Gasteiger partial charge is 0.0190 e. The molecule has 0 radical (unpaired) electrons. The van der Waals surface area contributed by atoms with E-state index < -0.39 is 0 Å². The number of hydrogen-bond donors (Lipinski definition) is 1. The fraction of sp³-hybridized carbons (Fsp3) is 0.846. The van der Waals surface area contributed by atoms with Crippen molar-refractivity contribution in [2.75, 3.05) is 26.2 Å². The van der Waals surface area contributed by atoms with Crippen molar-refractivity contribution in [1.29, 1.82) is 0 Å². The lowest BCUT2D eigenvalue weighted by atomic mass is 10.1. The fourth-order valence-electron chi connectivity index (χ4n) is 2.23. The number of nitrogens with one attached hydrogen (secondary N) is 1. The molecule has 2 rings (SSSR count). The molecule has 15 heavy (non-hydrogen) atoms. The summed E-state index contributed by atoms with van der Waals surface area (Å²) >= 11 is 0. The summed E-state index contributed by atoms with van der Waals surface area (Å²) in [6.45, 7) is 7.25. The van der Waals surface area contributed by atoms with Gasteiger partial charge in [-0.3, -0.25) is 4.90 Å². The molecule has 1 heterocycles. The predicted octanol–water partition coefficient (Wildman–Crippen LogP) is 2.17. The first-order valence-electron chi connectivity index (χ1n) is 6.46. The van der Waals surface area contributed by atoms with E-state index in [4.69, 9.17) is 0 Å². The van der Waals surface area contributed by atoms with Gasteiger partial charge in [0, 0.05) is 19.1 Å².